The van der Waals surface area contributed by atoms with Gasteiger partial charge in [-0.3, -0.25) is 14.8 Å². The van der Waals surface area contributed by atoms with E-state index >= 15 is 0 Å². The number of thiazole rings is 1. The molecule has 7 nitrogen and oxygen atoms in total. The van der Waals surface area contributed by atoms with Crippen molar-refractivity contribution in [3.63, 3.8) is 0 Å². The number of nitrogens with two attached hydrogens (primary N) is 1. The Hall–Kier alpha value is -2.06. The summed E-state index contributed by atoms with van der Waals surface area (Å²) in [5.41, 5.74) is 4.25. The molecule has 2 aromatic rings. The van der Waals surface area contributed by atoms with Crippen LogP contribution in [0.15, 0.2) is 24.1 Å². The summed E-state index contributed by atoms with van der Waals surface area (Å²) in [6.07, 6.45) is 4.51. The normalized spacial score (nSPS) is 9.94. The van der Waals surface area contributed by atoms with Gasteiger partial charge < -0.3 is 10.7 Å². The van der Waals surface area contributed by atoms with Crippen molar-refractivity contribution in [3.05, 3.63) is 34.7 Å². The fraction of sp³-hybridized carbons (Fsp3) is 0.111. The monoisotopic (exact) mass is 250 g/mol. The summed E-state index contributed by atoms with van der Waals surface area (Å²) in [5, 5.41) is 2.71. The van der Waals surface area contributed by atoms with E-state index in [4.69, 9.17) is 5.84 Å². The second-order valence-electron chi connectivity index (χ2n) is 3.08. The van der Waals surface area contributed by atoms with Gasteiger partial charge in [0.05, 0.1) is 24.4 Å². The Morgan fingerprint density at radius 2 is 2.24 bits per heavy atom. The zero-order valence-electron chi connectivity index (χ0n) is 8.75. The molecule has 0 aliphatic carbocycles. The van der Waals surface area contributed by atoms with E-state index in [2.05, 4.69) is 25.7 Å². The van der Waals surface area contributed by atoms with Gasteiger partial charge in [-0.05, 0) is 0 Å². The van der Waals surface area contributed by atoms with E-state index in [9.17, 15) is 4.79 Å². The van der Waals surface area contributed by atoms with E-state index < -0.39 is 0 Å². The lowest BCUT2D eigenvalue weighted by Crippen LogP contribution is -2.24. The highest BCUT2D eigenvalue weighted by Crippen LogP contribution is 2.05. The zero-order chi connectivity index (χ0) is 12.1. The van der Waals surface area contributed by atoms with E-state index in [0.717, 1.165) is 4.88 Å². The lowest BCUT2D eigenvalue weighted by Gasteiger charge is -2.03. The van der Waals surface area contributed by atoms with Gasteiger partial charge in [-0.15, -0.1) is 11.3 Å². The molecule has 0 atom stereocenters. The molecule has 4 N–H and O–H groups in total. The first kappa shape index (κ1) is 11.4. The lowest BCUT2D eigenvalue weighted by molar-refractivity contribution is 0.0946. The average Bonchev–Trinajstić information content (AvgIpc) is 2.89. The topological polar surface area (TPSA) is 106 Å². The zero-order valence-corrected chi connectivity index (χ0v) is 9.57. The van der Waals surface area contributed by atoms with Crippen molar-refractivity contribution in [2.75, 3.05) is 5.43 Å². The molecule has 0 radical (unpaired) electrons. The van der Waals surface area contributed by atoms with Crippen molar-refractivity contribution in [2.24, 2.45) is 5.84 Å². The first-order chi connectivity index (χ1) is 8.29. The molecule has 1 amide bonds. The number of hydrazine groups is 1. The van der Waals surface area contributed by atoms with Crippen LogP contribution in [-0.2, 0) is 6.54 Å². The number of hydrogen-bond donors (Lipinski definition) is 3. The van der Waals surface area contributed by atoms with Crippen LogP contribution in [0.3, 0.4) is 0 Å². The Balaban J connectivity index is 1.99. The van der Waals surface area contributed by atoms with Gasteiger partial charge in [0.1, 0.15) is 5.69 Å². The largest absolute Gasteiger partial charge is 0.346 e. The number of carbonyl (C=O) groups is 1. The van der Waals surface area contributed by atoms with Crippen LogP contribution in [0.25, 0.3) is 0 Å². The number of nitrogens with one attached hydrogen (secondary N) is 2. The van der Waals surface area contributed by atoms with Crippen molar-refractivity contribution in [2.45, 2.75) is 6.54 Å². The van der Waals surface area contributed by atoms with Crippen molar-refractivity contribution in [3.8, 4) is 0 Å². The molecule has 2 aromatic heterocycles. The average molecular weight is 250 g/mol. The smallest absolute Gasteiger partial charge is 0.271 e. The standard InChI is InChI=1S/C9H10N6OS/c10-15-8-4-11-3-7(14-8)9(16)13-2-6-1-12-5-17-6/h1,3-5H,2,10H2,(H,13,16)(H,14,15). The maximum atomic E-state index is 11.7. The van der Waals surface area contributed by atoms with Gasteiger partial charge in [0, 0.05) is 11.1 Å². The van der Waals surface area contributed by atoms with Crippen molar-refractivity contribution >= 4 is 23.1 Å². The minimum absolute atomic E-state index is 0.213. The summed E-state index contributed by atoms with van der Waals surface area (Å²) in [7, 11) is 0. The van der Waals surface area contributed by atoms with E-state index in [1.165, 1.54) is 23.7 Å². The Morgan fingerprint density at radius 1 is 1.35 bits per heavy atom. The molecule has 0 aromatic carbocycles. The minimum Gasteiger partial charge on any atom is -0.346 e. The summed E-state index contributed by atoms with van der Waals surface area (Å²) in [6.45, 7) is 0.422. The third-order valence-corrected chi connectivity index (χ3v) is 2.70. The maximum absolute atomic E-state index is 11.7. The van der Waals surface area contributed by atoms with E-state index in [-0.39, 0.29) is 11.6 Å². The van der Waals surface area contributed by atoms with Crippen LogP contribution >= 0.6 is 11.3 Å². The second kappa shape index (κ2) is 5.32. The van der Waals surface area contributed by atoms with E-state index in [1.807, 2.05) is 0 Å². The number of hydrogen-bond acceptors (Lipinski definition) is 7. The fourth-order valence-corrected chi connectivity index (χ4v) is 1.67. The summed E-state index contributed by atoms with van der Waals surface area (Å²) in [5.74, 6) is 5.22. The number of nitrogens with zero attached hydrogens (tertiary/aromatic N) is 3. The van der Waals surface area contributed by atoms with Crippen LogP contribution in [0, 0.1) is 0 Å². The molecule has 0 aliphatic rings. The van der Waals surface area contributed by atoms with Gasteiger partial charge in [-0.2, -0.15) is 0 Å². The van der Waals surface area contributed by atoms with Crippen LogP contribution in [0.4, 0.5) is 5.82 Å². The van der Waals surface area contributed by atoms with Gasteiger partial charge in [0.25, 0.3) is 5.91 Å². The van der Waals surface area contributed by atoms with Gasteiger partial charge in [0.2, 0.25) is 0 Å². The lowest BCUT2D eigenvalue weighted by atomic mass is 10.4. The maximum Gasteiger partial charge on any atom is 0.271 e. The first-order valence-corrected chi connectivity index (χ1v) is 5.62. The summed E-state index contributed by atoms with van der Waals surface area (Å²) < 4.78 is 0. The van der Waals surface area contributed by atoms with Crippen molar-refractivity contribution in [1.29, 1.82) is 0 Å². The molecule has 8 heteroatoms. The number of nitrogen functional groups attached to an aromatic ring is 1. The number of anilines is 1. The predicted molar refractivity (Wildman–Crippen MR) is 63.1 cm³/mol. The summed E-state index contributed by atoms with van der Waals surface area (Å²) in [4.78, 5) is 24.4. The molecule has 2 heterocycles. The molecular formula is C9H10N6OS. The first-order valence-electron chi connectivity index (χ1n) is 4.74. The highest BCUT2D eigenvalue weighted by Gasteiger charge is 2.08. The molecule has 0 saturated carbocycles. The number of aromatic nitrogens is 3. The van der Waals surface area contributed by atoms with E-state index in [0.29, 0.717) is 12.4 Å². The van der Waals surface area contributed by atoms with Crippen molar-refractivity contribution < 1.29 is 4.79 Å². The molecule has 2 rings (SSSR count). The number of amides is 1. The second-order valence-corrected chi connectivity index (χ2v) is 4.06. The highest BCUT2D eigenvalue weighted by atomic mass is 32.1. The Morgan fingerprint density at radius 3 is 2.94 bits per heavy atom. The SMILES string of the molecule is NNc1cncc(C(=O)NCc2cncs2)n1. The summed E-state index contributed by atoms with van der Waals surface area (Å²) in [6, 6.07) is 0. The molecule has 17 heavy (non-hydrogen) atoms. The Labute approximate surface area is 101 Å². The Bertz CT molecular complexity index is 500. The highest BCUT2D eigenvalue weighted by molar-refractivity contribution is 7.09. The van der Waals surface area contributed by atoms with Gasteiger partial charge in [0.15, 0.2) is 5.82 Å². The minimum atomic E-state index is -0.303. The third kappa shape index (κ3) is 2.95. The van der Waals surface area contributed by atoms with Crippen LogP contribution in [0.1, 0.15) is 15.4 Å². The summed E-state index contributed by atoms with van der Waals surface area (Å²) >= 11 is 1.47. The predicted octanol–water partition coefficient (Wildman–Crippen LogP) is 0.149. The van der Waals surface area contributed by atoms with Crippen LogP contribution in [0.5, 0.6) is 0 Å². The fourth-order valence-electron chi connectivity index (χ4n) is 1.13. The quantitative estimate of drug-likeness (QED) is 0.527. The molecule has 0 unspecified atom stereocenters. The Kier molecular flexibility index (Phi) is 3.58. The van der Waals surface area contributed by atoms with Crippen LogP contribution in [0.2, 0.25) is 0 Å². The number of carbonyl (C=O) groups excluding carboxylic acids is 1. The van der Waals surface area contributed by atoms with Crippen molar-refractivity contribution in [1.82, 2.24) is 20.3 Å². The van der Waals surface area contributed by atoms with Crippen LogP contribution in [-0.4, -0.2) is 20.9 Å². The van der Waals surface area contributed by atoms with Gasteiger partial charge in [-0.25, -0.2) is 10.8 Å². The molecule has 0 saturated heterocycles. The van der Waals surface area contributed by atoms with Gasteiger partial charge in [-0.1, -0.05) is 0 Å². The molecule has 88 valence electrons. The van der Waals surface area contributed by atoms with Gasteiger partial charge >= 0.3 is 0 Å². The third-order valence-electron chi connectivity index (χ3n) is 1.92. The molecule has 0 fully saturated rings. The molecule has 0 spiro atoms. The molecule has 0 aliphatic heterocycles. The molecule has 0 bridgehead atoms. The number of rotatable bonds is 4. The molecular weight excluding hydrogens is 240 g/mol. The van der Waals surface area contributed by atoms with E-state index in [1.54, 1.807) is 11.7 Å². The van der Waals surface area contributed by atoms with Crippen LogP contribution < -0.4 is 16.6 Å².